The molecule has 2 aliphatic rings. The Morgan fingerprint density at radius 3 is 2.19 bits per heavy atom. The maximum absolute atomic E-state index is 6.13. The molecule has 1 aliphatic carbocycles. The molecule has 0 bridgehead atoms. The Balaban J connectivity index is 1.33. The van der Waals surface area contributed by atoms with Gasteiger partial charge in [0.1, 0.15) is 0 Å². The van der Waals surface area contributed by atoms with Crippen molar-refractivity contribution < 1.29 is 4.74 Å². The summed E-state index contributed by atoms with van der Waals surface area (Å²) in [7, 11) is 0. The van der Waals surface area contributed by atoms with Gasteiger partial charge in [-0.2, -0.15) is 0 Å². The molecule has 140 valence electrons. The van der Waals surface area contributed by atoms with Crippen LogP contribution in [0.25, 0.3) is 5.57 Å². The summed E-state index contributed by atoms with van der Waals surface area (Å²) >= 11 is 3.74. The highest BCUT2D eigenvalue weighted by Crippen LogP contribution is 2.36. The van der Waals surface area contributed by atoms with E-state index < -0.39 is 0 Å². The zero-order valence-electron chi connectivity index (χ0n) is 15.5. The number of thiophene rings is 2. The number of piperidine rings is 1. The number of hydrogen-bond donors (Lipinski definition) is 0. The van der Waals surface area contributed by atoms with E-state index in [1.54, 1.807) is 5.57 Å². The van der Waals surface area contributed by atoms with Crippen molar-refractivity contribution in [3.63, 3.8) is 0 Å². The van der Waals surface area contributed by atoms with Crippen LogP contribution in [-0.2, 0) is 4.74 Å². The number of ether oxygens (including phenoxy) is 1. The summed E-state index contributed by atoms with van der Waals surface area (Å²) in [6.45, 7) is 4.34. The average Bonchev–Trinajstić information content (AvgIpc) is 3.39. The van der Waals surface area contributed by atoms with Gasteiger partial charge < -0.3 is 9.64 Å². The van der Waals surface area contributed by atoms with Crippen molar-refractivity contribution in [2.24, 2.45) is 0 Å². The lowest BCUT2D eigenvalue weighted by Crippen LogP contribution is -2.34. The van der Waals surface area contributed by atoms with Gasteiger partial charge in [0.25, 0.3) is 0 Å². The molecule has 0 amide bonds. The van der Waals surface area contributed by atoms with Crippen LogP contribution >= 0.6 is 22.7 Å². The fraction of sp³-hybridized carbons (Fsp3) is 0.545. The first-order valence-electron chi connectivity index (χ1n) is 10.0. The minimum Gasteiger partial charge on any atom is -0.377 e. The Labute approximate surface area is 165 Å². The molecule has 4 heteroatoms. The summed E-state index contributed by atoms with van der Waals surface area (Å²) in [5.41, 5.74) is 3.15. The molecule has 1 saturated heterocycles. The van der Waals surface area contributed by atoms with Crippen LogP contribution in [0, 0.1) is 0 Å². The van der Waals surface area contributed by atoms with Crippen molar-refractivity contribution in [3.8, 4) is 0 Å². The smallest absolute Gasteiger partial charge is 0.0597 e. The van der Waals surface area contributed by atoms with E-state index in [1.165, 1.54) is 73.4 Å². The van der Waals surface area contributed by atoms with Gasteiger partial charge in [-0.25, -0.2) is 0 Å². The third kappa shape index (κ3) is 4.66. The van der Waals surface area contributed by atoms with Gasteiger partial charge >= 0.3 is 0 Å². The van der Waals surface area contributed by atoms with E-state index in [4.69, 9.17) is 4.74 Å². The second kappa shape index (κ2) is 9.32. The molecule has 1 saturated carbocycles. The third-order valence-electron chi connectivity index (χ3n) is 5.66. The molecule has 0 spiro atoms. The number of nitrogens with zero attached hydrogens (tertiary/aromatic N) is 1. The number of hydrogen-bond acceptors (Lipinski definition) is 4. The Hall–Kier alpha value is -0.940. The Bertz CT molecular complexity index is 638. The summed E-state index contributed by atoms with van der Waals surface area (Å²) in [6.07, 6.45) is 9.58. The van der Waals surface area contributed by atoms with Crippen molar-refractivity contribution in [2.45, 2.75) is 51.0 Å². The maximum atomic E-state index is 6.13. The van der Waals surface area contributed by atoms with Gasteiger partial charge in [-0.05, 0) is 48.6 Å². The Morgan fingerprint density at radius 1 is 0.962 bits per heavy atom. The molecule has 0 N–H and O–H groups in total. The highest BCUT2D eigenvalue weighted by molar-refractivity contribution is 7.13. The summed E-state index contributed by atoms with van der Waals surface area (Å²) in [4.78, 5) is 5.44. The molecule has 0 radical (unpaired) electrons. The van der Waals surface area contributed by atoms with Crippen LogP contribution in [0.1, 0.15) is 54.7 Å². The second-order valence-electron chi connectivity index (χ2n) is 7.41. The Morgan fingerprint density at radius 2 is 1.62 bits per heavy atom. The third-order valence-corrected chi connectivity index (χ3v) is 7.44. The van der Waals surface area contributed by atoms with Crippen LogP contribution in [0.2, 0.25) is 0 Å². The minimum absolute atomic E-state index is 0.535. The molecule has 2 nitrogen and oxygen atoms in total. The van der Waals surface area contributed by atoms with Crippen molar-refractivity contribution in [1.82, 2.24) is 4.90 Å². The SMILES string of the molecule is c1csc(C(=C2CCN(CCOC3CCCCC3)CC2)c2cccs2)c1. The van der Waals surface area contributed by atoms with Gasteiger partial charge in [0.2, 0.25) is 0 Å². The quantitative estimate of drug-likeness (QED) is 0.597. The monoisotopic (exact) mass is 387 g/mol. The van der Waals surface area contributed by atoms with Crippen LogP contribution in [-0.4, -0.2) is 37.2 Å². The van der Waals surface area contributed by atoms with Crippen molar-refractivity contribution in [3.05, 3.63) is 50.4 Å². The number of rotatable bonds is 6. The zero-order chi connectivity index (χ0) is 17.6. The first-order valence-corrected chi connectivity index (χ1v) is 11.8. The van der Waals surface area contributed by atoms with Crippen LogP contribution in [0.3, 0.4) is 0 Å². The van der Waals surface area contributed by atoms with Crippen molar-refractivity contribution >= 4 is 28.2 Å². The van der Waals surface area contributed by atoms with Gasteiger partial charge in [0.05, 0.1) is 12.7 Å². The summed E-state index contributed by atoms with van der Waals surface area (Å²) in [6, 6.07) is 8.89. The van der Waals surface area contributed by atoms with Gasteiger partial charge in [-0.1, -0.05) is 37.0 Å². The van der Waals surface area contributed by atoms with Crippen LogP contribution in [0.15, 0.2) is 40.6 Å². The van der Waals surface area contributed by atoms with E-state index in [9.17, 15) is 0 Å². The lowest BCUT2D eigenvalue weighted by Gasteiger charge is -2.30. The molecular formula is C22H29NOS2. The van der Waals surface area contributed by atoms with Crippen molar-refractivity contribution in [1.29, 1.82) is 0 Å². The van der Waals surface area contributed by atoms with E-state index >= 15 is 0 Å². The van der Waals surface area contributed by atoms with Crippen LogP contribution in [0.4, 0.5) is 0 Å². The van der Waals surface area contributed by atoms with Gasteiger partial charge in [-0.3, -0.25) is 0 Å². The topological polar surface area (TPSA) is 12.5 Å². The molecule has 26 heavy (non-hydrogen) atoms. The van der Waals surface area contributed by atoms with E-state index in [2.05, 4.69) is 39.9 Å². The molecule has 0 atom stereocenters. The molecule has 2 aromatic heterocycles. The fourth-order valence-electron chi connectivity index (χ4n) is 4.19. The highest BCUT2D eigenvalue weighted by atomic mass is 32.1. The first-order chi connectivity index (χ1) is 12.9. The largest absolute Gasteiger partial charge is 0.377 e. The maximum Gasteiger partial charge on any atom is 0.0597 e. The first kappa shape index (κ1) is 18.4. The molecule has 4 rings (SSSR count). The van der Waals surface area contributed by atoms with Gasteiger partial charge in [0, 0.05) is 35.0 Å². The average molecular weight is 388 g/mol. The van der Waals surface area contributed by atoms with Gasteiger partial charge in [-0.15, -0.1) is 22.7 Å². The highest BCUT2D eigenvalue weighted by Gasteiger charge is 2.20. The molecule has 1 aliphatic heterocycles. The Kier molecular flexibility index (Phi) is 6.60. The standard InChI is InChI=1S/C22H29NOS2/c1-2-6-19(7-3-1)24-15-14-23-12-10-18(11-13-23)22(20-8-4-16-25-20)21-9-5-17-26-21/h4-5,8-9,16-17,19H,1-3,6-7,10-15H2. The molecule has 2 fully saturated rings. The predicted molar refractivity (Wildman–Crippen MR) is 113 cm³/mol. The lowest BCUT2D eigenvalue weighted by atomic mass is 9.96. The second-order valence-corrected chi connectivity index (χ2v) is 9.30. The molecule has 0 unspecified atom stereocenters. The molecule has 0 aromatic carbocycles. The van der Waals surface area contributed by atoms with E-state index in [0.717, 1.165) is 13.2 Å². The zero-order valence-corrected chi connectivity index (χ0v) is 17.1. The van der Waals surface area contributed by atoms with Crippen LogP contribution < -0.4 is 0 Å². The van der Waals surface area contributed by atoms with Gasteiger partial charge in [0.15, 0.2) is 0 Å². The normalized spacial score (nSPS) is 19.8. The minimum atomic E-state index is 0.535. The number of likely N-dealkylation sites (tertiary alicyclic amines) is 1. The summed E-state index contributed by atoms with van der Waals surface area (Å²) < 4.78 is 6.13. The van der Waals surface area contributed by atoms with Crippen molar-refractivity contribution in [2.75, 3.05) is 26.2 Å². The lowest BCUT2D eigenvalue weighted by molar-refractivity contribution is 0.0153. The fourth-order valence-corrected chi connectivity index (χ4v) is 5.92. The predicted octanol–water partition coefficient (Wildman–Crippen LogP) is 6.06. The molecule has 3 heterocycles. The van der Waals surface area contributed by atoms with E-state index in [0.29, 0.717) is 6.10 Å². The van der Waals surface area contributed by atoms with Crippen LogP contribution in [0.5, 0.6) is 0 Å². The van der Waals surface area contributed by atoms with E-state index in [-0.39, 0.29) is 0 Å². The molecular weight excluding hydrogens is 358 g/mol. The molecule has 2 aromatic rings. The summed E-state index contributed by atoms with van der Waals surface area (Å²) in [5.74, 6) is 0. The summed E-state index contributed by atoms with van der Waals surface area (Å²) in [5, 5.41) is 4.39. The van der Waals surface area contributed by atoms with E-state index in [1.807, 2.05) is 22.7 Å².